The van der Waals surface area contributed by atoms with Crippen LogP contribution in [0.25, 0.3) is 0 Å². The van der Waals surface area contributed by atoms with Crippen molar-refractivity contribution in [3.05, 3.63) is 33.9 Å². The molecule has 0 atom stereocenters. The minimum Gasteiger partial charge on any atom is -0.486 e. The molecule has 1 aromatic carbocycles. The van der Waals surface area contributed by atoms with E-state index in [1.54, 1.807) is 12.1 Å². The predicted molar refractivity (Wildman–Crippen MR) is 59.9 cm³/mol. The Labute approximate surface area is 92.7 Å². The highest BCUT2D eigenvalue weighted by Crippen LogP contribution is 2.27. The summed E-state index contributed by atoms with van der Waals surface area (Å²) in [5.74, 6) is 0.210. The second-order valence-corrected chi connectivity index (χ2v) is 3.35. The largest absolute Gasteiger partial charge is 0.486 e. The van der Waals surface area contributed by atoms with Crippen molar-refractivity contribution >= 4 is 11.5 Å². The zero-order valence-electron chi connectivity index (χ0n) is 8.90. The average molecular weight is 223 g/mol. The van der Waals surface area contributed by atoms with Gasteiger partial charge < -0.3 is 10.5 Å². The molecule has 0 aliphatic heterocycles. The van der Waals surface area contributed by atoms with Crippen molar-refractivity contribution in [1.29, 1.82) is 5.41 Å². The van der Waals surface area contributed by atoms with E-state index in [0.717, 1.165) is 5.56 Å². The first-order valence-corrected chi connectivity index (χ1v) is 4.71. The number of hydrogen-bond donors (Lipinski definition) is 2. The van der Waals surface area contributed by atoms with Gasteiger partial charge in [0.15, 0.2) is 5.75 Å². The van der Waals surface area contributed by atoms with Gasteiger partial charge in [0.1, 0.15) is 0 Å². The van der Waals surface area contributed by atoms with E-state index in [1.807, 2.05) is 6.92 Å². The van der Waals surface area contributed by atoms with Crippen LogP contribution in [-0.2, 0) is 0 Å². The standard InChI is InChI=1S/C10H13N3O3/c1-7-2-3-8(13(14)15)9(6-7)16-5-4-10(11)12/h2-3,6H,4-5H2,1H3,(H3,11,12). The van der Waals surface area contributed by atoms with E-state index < -0.39 is 4.92 Å². The zero-order valence-corrected chi connectivity index (χ0v) is 8.90. The molecule has 0 aliphatic rings. The van der Waals surface area contributed by atoms with Crippen LogP contribution >= 0.6 is 0 Å². The number of nitro groups is 1. The van der Waals surface area contributed by atoms with E-state index >= 15 is 0 Å². The summed E-state index contributed by atoms with van der Waals surface area (Å²) in [6.07, 6.45) is 0.255. The van der Waals surface area contributed by atoms with Gasteiger partial charge in [0.2, 0.25) is 0 Å². The number of nitro benzene ring substituents is 1. The Hall–Kier alpha value is -2.11. The highest BCUT2D eigenvalue weighted by molar-refractivity contribution is 5.76. The molecule has 6 heteroatoms. The van der Waals surface area contributed by atoms with Gasteiger partial charge in [-0.3, -0.25) is 15.5 Å². The summed E-state index contributed by atoms with van der Waals surface area (Å²) in [6, 6.07) is 4.65. The fourth-order valence-electron chi connectivity index (χ4n) is 1.16. The molecule has 16 heavy (non-hydrogen) atoms. The maximum Gasteiger partial charge on any atom is 0.310 e. The lowest BCUT2D eigenvalue weighted by Crippen LogP contribution is -2.14. The van der Waals surface area contributed by atoms with Crippen LogP contribution < -0.4 is 10.5 Å². The first-order chi connectivity index (χ1) is 7.50. The van der Waals surface area contributed by atoms with Crippen LogP contribution in [0, 0.1) is 22.4 Å². The second kappa shape index (κ2) is 5.11. The minimum atomic E-state index is -0.497. The van der Waals surface area contributed by atoms with E-state index in [-0.39, 0.29) is 30.3 Å². The molecular weight excluding hydrogens is 210 g/mol. The molecule has 0 radical (unpaired) electrons. The first-order valence-electron chi connectivity index (χ1n) is 4.71. The molecule has 0 saturated heterocycles. The van der Waals surface area contributed by atoms with Crippen LogP contribution in [0.3, 0.4) is 0 Å². The normalized spacial score (nSPS) is 9.81. The minimum absolute atomic E-state index is 0.00435. The van der Waals surface area contributed by atoms with Crippen LogP contribution in [0.2, 0.25) is 0 Å². The van der Waals surface area contributed by atoms with E-state index in [2.05, 4.69) is 0 Å². The van der Waals surface area contributed by atoms with Crippen molar-refractivity contribution in [3.8, 4) is 5.75 Å². The van der Waals surface area contributed by atoms with Crippen molar-refractivity contribution < 1.29 is 9.66 Å². The van der Waals surface area contributed by atoms with Crippen LogP contribution in [-0.4, -0.2) is 17.4 Å². The molecule has 0 bridgehead atoms. The van der Waals surface area contributed by atoms with Crippen LogP contribution in [0.5, 0.6) is 5.75 Å². The van der Waals surface area contributed by atoms with Crippen LogP contribution in [0.1, 0.15) is 12.0 Å². The summed E-state index contributed by atoms with van der Waals surface area (Å²) in [5, 5.41) is 17.7. The molecule has 0 amide bonds. The number of benzene rings is 1. The quantitative estimate of drug-likeness (QED) is 0.342. The molecule has 0 saturated carbocycles. The fraction of sp³-hybridized carbons (Fsp3) is 0.300. The van der Waals surface area contributed by atoms with E-state index in [0.29, 0.717) is 0 Å². The Balaban J connectivity index is 2.80. The molecule has 0 aromatic heterocycles. The molecule has 0 aliphatic carbocycles. The van der Waals surface area contributed by atoms with Crippen molar-refractivity contribution in [2.45, 2.75) is 13.3 Å². The number of nitrogens with two attached hydrogens (primary N) is 1. The zero-order chi connectivity index (χ0) is 12.1. The summed E-state index contributed by atoms with van der Waals surface area (Å²) in [5.41, 5.74) is 5.96. The Morgan fingerprint density at radius 2 is 2.31 bits per heavy atom. The number of nitrogens with zero attached hydrogens (tertiary/aromatic N) is 1. The average Bonchev–Trinajstić information content (AvgIpc) is 2.16. The third-order valence-corrected chi connectivity index (χ3v) is 1.94. The number of rotatable bonds is 5. The number of aryl methyl sites for hydroxylation is 1. The lowest BCUT2D eigenvalue weighted by Gasteiger charge is -2.06. The van der Waals surface area contributed by atoms with Gasteiger partial charge in [0.05, 0.1) is 17.4 Å². The molecule has 1 rings (SSSR count). The van der Waals surface area contributed by atoms with E-state index in [9.17, 15) is 10.1 Å². The number of nitrogens with one attached hydrogen (secondary N) is 1. The molecule has 0 fully saturated rings. The summed E-state index contributed by atoms with van der Waals surface area (Å²) < 4.78 is 5.23. The summed E-state index contributed by atoms with van der Waals surface area (Å²) in [7, 11) is 0. The summed E-state index contributed by atoms with van der Waals surface area (Å²) >= 11 is 0. The summed E-state index contributed by atoms with van der Waals surface area (Å²) in [4.78, 5) is 10.2. The lowest BCUT2D eigenvalue weighted by molar-refractivity contribution is -0.385. The molecule has 6 nitrogen and oxygen atoms in total. The Morgan fingerprint density at radius 3 is 2.88 bits per heavy atom. The van der Waals surface area contributed by atoms with Crippen molar-refractivity contribution in [3.63, 3.8) is 0 Å². The molecule has 86 valence electrons. The Morgan fingerprint density at radius 1 is 1.62 bits per heavy atom. The molecule has 1 aromatic rings. The first kappa shape index (κ1) is 12.0. The Kier molecular flexibility index (Phi) is 3.82. The van der Waals surface area contributed by atoms with Gasteiger partial charge in [-0.05, 0) is 18.6 Å². The summed E-state index contributed by atoms with van der Waals surface area (Å²) in [6.45, 7) is 1.99. The topological polar surface area (TPSA) is 102 Å². The van der Waals surface area contributed by atoms with Crippen molar-refractivity contribution in [2.24, 2.45) is 5.73 Å². The smallest absolute Gasteiger partial charge is 0.310 e. The molecule has 3 N–H and O–H groups in total. The van der Waals surface area contributed by atoms with Gasteiger partial charge in [-0.2, -0.15) is 0 Å². The maximum atomic E-state index is 10.7. The van der Waals surface area contributed by atoms with Crippen molar-refractivity contribution in [2.75, 3.05) is 6.61 Å². The second-order valence-electron chi connectivity index (χ2n) is 3.35. The lowest BCUT2D eigenvalue weighted by atomic mass is 10.2. The van der Waals surface area contributed by atoms with Gasteiger partial charge in [0.25, 0.3) is 0 Å². The SMILES string of the molecule is Cc1ccc([N+](=O)[O-])c(OCCC(=N)N)c1. The maximum absolute atomic E-state index is 10.7. The third-order valence-electron chi connectivity index (χ3n) is 1.94. The number of ether oxygens (including phenoxy) is 1. The van der Waals surface area contributed by atoms with Gasteiger partial charge >= 0.3 is 5.69 Å². The van der Waals surface area contributed by atoms with E-state index in [1.165, 1.54) is 6.07 Å². The van der Waals surface area contributed by atoms with E-state index in [4.69, 9.17) is 15.9 Å². The monoisotopic (exact) mass is 223 g/mol. The Bertz CT molecular complexity index is 418. The van der Waals surface area contributed by atoms with Crippen LogP contribution in [0.4, 0.5) is 5.69 Å². The predicted octanol–water partition coefficient (Wildman–Crippen LogP) is 1.61. The number of hydrogen-bond acceptors (Lipinski definition) is 4. The molecule has 0 heterocycles. The van der Waals surface area contributed by atoms with Gasteiger partial charge in [-0.25, -0.2) is 0 Å². The van der Waals surface area contributed by atoms with Crippen molar-refractivity contribution in [1.82, 2.24) is 0 Å². The van der Waals surface area contributed by atoms with Crippen LogP contribution in [0.15, 0.2) is 18.2 Å². The highest BCUT2D eigenvalue weighted by atomic mass is 16.6. The fourth-order valence-corrected chi connectivity index (χ4v) is 1.16. The molecule has 0 spiro atoms. The number of amidine groups is 1. The highest BCUT2D eigenvalue weighted by Gasteiger charge is 2.14. The van der Waals surface area contributed by atoms with Gasteiger partial charge in [-0.15, -0.1) is 0 Å². The molecular formula is C10H13N3O3. The van der Waals surface area contributed by atoms with Gasteiger partial charge in [-0.1, -0.05) is 6.07 Å². The van der Waals surface area contributed by atoms with Gasteiger partial charge in [0, 0.05) is 12.5 Å². The third kappa shape index (κ3) is 3.23. The molecule has 0 unspecified atom stereocenters.